The minimum atomic E-state index is 0.549. The van der Waals surface area contributed by atoms with E-state index in [9.17, 15) is 0 Å². The highest BCUT2D eigenvalue weighted by atomic mass is 16.6. The van der Waals surface area contributed by atoms with Crippen molar-refractivity contribution in [2.45, 2.75) is 19.1 Å². The molecule has 0 saturated carbocycles. The Bertz CT molecular complexity index is 180. The largest absolute Gasteiger partial charge is 0.372 e. The van der Waals surface area contributed by atoms with Crippen LogP contribution in [0.4, 0.5) is 0 Å². The van der Waals surface area contributed by atoms with Gasteiger partial charge in [0, 0.05) is 25.7 Å². The normalized spacial score (nSPS) is 40.2. The maximum atomic E-state index is 5.25. The molecule has 2 heterocycles. The van der Waals surface area contributed by atoms with E-state index in [0.717, 1.165) is 25.1 Å². The van der Waals surface area contributed by atoms with Gasteiger partial charge in [0.05, 0.1) is 12.7 Å². The molecule has 0 aromatic rings. The van der Waals surface area contributed by atoms with Gasteiger partial charge in [-0.05, 0) is 20.0 Å². The predicted octanol–water partition coefficient (Wildman–Crippen LogP) is 0.267. The standard InChI is InChI=1S/C10H20N2O/c1-8-4-12(5-9-7-13-9)6-10(8)11(2)3/h8-10H,4-7H2,1-3H3/t8?,9-,10?/m1/s1. The average Bonchev–Trinajstić information content (AvgIpc) is 2.75. The Labute approximate surface area is 80.6 Å². The third-order valence-electron chi connectivity index (χ3n) is 3.18. The molecule has 0 radical (unpaired) electrons. The molecule has 0 N–H and O–H groups in total. The Morgan fingerprint density at radius 2 is 2.08 bits per heavy atom. The predicted molar refractivity (Wildman–Crippen MR) is 52.8 cm³/mol. The van der Waals surface area contributed by atoms with Gasteiger partial charge in [-0.25, -0.2) is 0 Å². The maximum Gasteiger partial charge on any atom is 0.0936 e. The first-order valence-corrected chi connectivity index (χ1v) is 5.17. The smallest absolute Gasteiger partial charge is 0.0936 e. The van der Waals surface area contributed by atoms with Gasteiger partial charge in [-0.3, -0.25) is 4.90 Å². The zero-order chi connectivity index (χ0) is 9.42. The molecule has 0 aliphatic carbocycles. The van der Waals surface area contributed by atoms with Gasteiger partial charge >= 0.3 is 0 Å². The summed E-state index contributed by atoms with van der Waals surface area (Å²) in [5.74, 6) is 0.800. The number of likely N-dealkylation sites (N-methyl/N-ethyl adjacent to an activating group) is 1. The molecule has 76 valence electrons. The number of nitrogens with zero attached hydrogens (tertiary/aromatic N) is 2. The van der Waals surface area contributed by atoms with Gasteiger partial charge in [0.25, 0.3) is 0 Å². The van der Waals surface area contributed by atoms with E-state index in [-0.39, 0.29) is 0 Å². The first-order chi connectivity index (χ1) is 6.16. The van der Waals surface area contributed by atoms with E-state index < -0.39 is 0 Å². The summed E-state index contributed by atoms with van der Waals surface area (Å²) in [5, 5.41) is 0. The van der Waals surface area contributed by atoms with Crippen LogP contribution in [-0.2, 0) is 4.74 Å². The van der Waals surface area contributed by atoms with Crippen molar-refractivity contribution in [1.29, 1.82) is 0 Å². The van der Waals surface area contributed by atoms with E-state index in [0.29, 0.717) is 6.10 Å². The van der Waals surface area contributed by atoms with Crippen molar-refractivity contribution in [3.8, 4) is 0 Å². The van der Waals surface area contributed by atoms with Crippen LogP contribution in [0.15, 0.2) is 0 Å². The molecule has 0 spiro atoms. The molecule has 0 bridgehead atoms. The molecular weight excluding hydrogens is 164 g/mol. The second-order valence-corrected chi connectivity index (χ2v) is 4.68. The first-order valence-electron chi connectivity index (χ1n) is 5.17. The molecule has 3 nitrogen and oxygen atoms in total. The van der Waals surface area contributed by atoms with Crippen LogP contribution in [0.2, 0.25) is 0 Å². The SMILES string of the molecule is CC1CN(C[C@@H]2CO2)CC1N(C)C. The number of rotatable bonds is 3. The number of epoxide rings is 1. The van der Waals surface area contributed by atoms with Gasteiger partial charge in [0.1, 0.15) is 0 Å². The Morgan fingerprint density at radius 1 is 1.38 bits per heavy atom. The zero-order valence-corrected chi connectivity index (χ0v) is 8.86. The lowest BCUT2D eigenvalue weighted by Gasteiger charge is -2.22. The van der Waals surface area contributed by atoms with Crippen LogP contribution in [0, 0.1) is 5.92 Å². The second-order valence-electron chi connectivity index (χ2n) is 4.68. The molecule has 2 unspecified atom stereocenters. The van der Waals surface area contributed by atoms with E-state index in [1.807, 2.05) is 0 Å². The molecule has 2 fully saturated rings. The van der Waals surface area contributed by atoms with Crippen LogP contribution in [0.3, 0.4) is 0 Å². The molecule has 0 amide bonds. The van der Waals surface area contributed by atoms with Gasteiger partial charge in [-0.2, -0.15) is 0 Å². The highest BCUT2D eigenvalue weighted by Crippen LogP contribution is 2.22. The van der Waals surface area contributed by atoms with E-state index in [4.69, 9.17) is 4.74 Å². The van der Waals surface area contributed by atoms with Crippen molar-refractivity contribution < 1.29 is 4.74 Å². The van der Waals surface area contributed by atoms with Crippen molar-refractivity contribution in [1.82, 2.24) is 9.80 Å². The number of likely N-dealkylation sites (tertiary alicyclic amines) is 1. The molecule has 13 heavy (non-hydrogen) atoms. The van der Waals surface area contributed by atoms with E-state index in [1.165, 1.54) is 13.1 Å². The van der Waals surface area contributed by atoms with Crippen molar-refractivity contribution in [2.24, 2.45) is 5.92 Å². The van der Waals surface area contributed by atoms with Crippen LogP contribution >= 0.6 is 0 Å². The number of ether oxygens (including phenoxy) is 1. The van der Waals surface area contributed by atoms with Crippen LogP contribution < -0.4 is 0 Å². The molecule has 3 atom stereocenters. The van der Waals surface area contributed by atoms with Gasteiger partial charge in [0.2, 0.25) is 0 Å². The second kappa shape index (κ2) is 3.56. The number of hydrogen-bond donors (Lipinski definition) is 0. The lowest BCUT2D eigenvalue weighted by Crippen LogP contribution is -2.34. The third-order valence-corrected chi connectivity index (χ3v) is 3.18. The maximum absolute atomic E-state index is 5.25. The van der Waals surface area contributed by atoms with E-state index in [2.05, 4.69) is 30.8 Å². The molecule has 2 saturated heterocycles. The van der Waals surface area contributed by atoms with E-state index >= 15 is 0 Å². The lowest BCUT2D eigenvalue weighted by molar-refractivity contribution is 0.243. The fourth-order valence-electron chi connectivity index (χ4n) is 2.33. The van der Waals surface area contributed by atoms with Gasteiger partial charge in [-0.1, -0.05) is 6.92 Å². The summed E-state index contributed by atoms with van der Waals surface area (Å²) in [6, 6.07) is 0.735. The van der Waals surface area contributed by atoms with Crippen molar-refractivity contribution >= 4 is 0 Å². The monoisotopic (exact) mass is 184 g/mol. The van der Waals surface area contributed by atoms with E-state index in [1.54, 1.807) is 0 Å². The van der Waals surface area contributed by atoms with Gasteiger partial charge in [-0.15, -0.1) is 0 Å². The summed E-state index contributed by atoms with van der Waals surface area (Å²) in [6.45, 7) is 6.93. The highest BCUT2D eigenvalue weighted by Gasteiger charge is 2.34. The van der Waals surface area contributed by atoms with Crippen LogP contribution in [0.5, 0.6) is 0 Å². The fourth-order valence-corrected chi connectivity index (χ4v) is 2.33. The van der Waals surface area contributed by atoms with Crippen LogP contribution in [0.1, 0.15) is 6.92 Å². The van der Waals surface area contributed by atoms with Crippen molar-refractivity contribution in [3.05, 3.63) is 0 Å². The molecule has 0 aromatic heterocycles. The van der Waals surface area contributed by atoms with Crippen LogP contribution in [-0.4, -0.2) is 62.3 Å². The quantitative estimate of drug-likeness (QED) is 0.587. The summed E-state index contributed by atoms with van der Waals surface area (Å²) in [7, 11) is 4.36. The number of hydrogen-bond acceptors (Lipinski definition) is 3. The van der Waals surface area contributed by atoms with Crippen molar-refractivity contribution in [3.63, 3.8) is 0 Å². The lowest BCUT2D eigenvalue weighted by atomic mass is 10.1. The Balaban J connectivity index is 1.82. The Hall–Kier alpha value is -0.120. The molecule has 2 rings (SSSR count). The Kier molecular flexibility index (Phi) is 2.58. The molecule has 3 heteroatoms. The van der Waals surface area contributed by atoms with Gasteiger partial charge in [0.15, 0.2) is 0 Å². The minimum absolute atomic E-state index is 0.549. The molecule has 2 aliphatic rings. The highest BCUT2D eigenvalue weighted by molar-refractivity contribution is 4.88. The molecular formula is C10H20N2O. The zero-order valence-electron chi connectivity index (χ0n) is 8.86. The summed E-state index contributed by atoms with van der Waals surface area (Å²) in [6.07, 6.45) is 0.549. The molecule has 2 aliphatic heterocycles. The summed E-state index contributed by atoms with van der Waals surface area (Å²) in [5.41, 5.74) is 0. The summed E-state index contributed by atoms with van der Waals surface area (Å²) in [4.78, 5) is 4.88. The van der Waals surface area contributed by atoms with Crippen molar-refractivity contribution in [2.75, 3.05) is 40.3 Å². The first kappa shape index (κ1) is 9.44. The fraction of sp³-hybridized carbons (Fsp3) is 1.00. The molecule has 0 aromatic carbocycles. The Morgan fingerprint density at radius 3 is 2.54 bits per heavy atom. The van der Waals surface area contributed by atoms with Gasteiger partial charge < -0.3 is 9.64 Å². The topological polar surface area (TPSA) is 19.0 Å². The average molecular weight is 184 g/mol. The summed E-state index contributed by atoms with van der Waals surface area (Å²) >= 11 is 0. The third kappa shape index (κ3) is 2.22. The van der Waals surface area contributed by atoms with Crippen LogP contribution in [0.25, 0.3) is 0 Å². The minimum Gasteiger partial charge on any atom is -0.372 e. The summed E-state index contributed by atoms with van der Waals surface area (Å²) < 4.78 is 5.25.